The number of hydrogen-bond donors (Lipinski definition) is 1. The number of likely N-dealkylation sites (tertiary alicyclic amines) is 1. The van der Waals surface area contributed by atoms with E-state index in [1.807, 2.05) is 11.8 Å². The van der Waals surface area contributed by atoms with Gasteiger partial charge in [0.2, 0.25) is 11.8 Å². The Morgan fingerprint density at radius 3 is 2.76 bits per heavy atom. The van der Waals surface area contributed by atoms with Gasteiger partial charge in [-0.15, -0.1) is 11.3 Å². The smallest absolute Gasteiger partial charge is 0.308 e. The normalized spacial score (nSPS) is 23.2. The summed E-state index contributed by atoms with van der Waals surface area (Å²) in [5.41, 5.74) is 1.21. The molecule has 2 aliphatic heterocycles. The van der Waals surface area contributed by atoms with Crippen molar-refractivity contribution in [1.82, 2.24) is 9.80 Å². The number of thiophene rings is 1. The molecule has 7 heteroatoms. The first kappa shape index (κ1) is 17.9. The van der Waals surface area contributed by atoms with Gasteiger partial charge in [0.1, 0.15) is 0 Å². The van der Waals surface area contributed by atoms with Gasteiger partial charge in [-0.1, -0.05) is 0 Å². The molecule has 0 bridgehead atoms. The minimum atomic E-state index is -0.847. The lowest BCUT2D eigenvalue weighted by Crippen LogP contribution is -2.47. The van der Waals surface area contributed by atoms with E-state index in [2.05, 4.69) is 11.4 Å². The number of hydrogen-bond acceptors (Lipinski definition) is 4. The second-order valence-electron chi connectivity index (χ2n) is 6.94. The van der Waals surface area contributed by atoms with Gasteiger partial charge in [-0.3, -0.25) is 14.4 Å². The van der Waals surface area contributed by atoms with Crippen molar-refractivity contribution < 1.29 is 19.5 Å². The van der Waals surface area contributed by atoms with Crippen LogP contribution in [0.2, 0.25) is 0 Å². The zero-order chi connectivity index (χ0) is 18.0. The fourth-order valence-corrected chi connectivity index (χ4v) is 4.52. The van der Waals surface area contributed by atoms with Crippen LogP contribution in [-0.2, 0) is 27.3 Å². The Balaban J connectivity index is 1.51. The zero-order valence-electron chi connectivity index (χ0n) is 14.4. The molecule has 1 saturated heterocycles. The number of carboxylic acids is 1. The van der Waals surface area contributed by atoms with Crippen molar-refractivity contribution in [2.75, 3.05) is 13.1 Å². The number of carboxylic acid groups (broad SMARTS) is 1. The Morgan fingerprint density at radius 1 is 1.24 bits per heavy atom. The van der Waals surface area contributed by atoms with Crippen LogP contribution >= 0.6 is 11.3 Å². The predicted octanol–water partition coefficient (Wildman–Crippen LogP) is 2.12. The van der Waals surface area contributed by atoms with E-state index in [4.69, 9.17) is 0 Å². The number of aliphatic carboxylic acids is 1. The zero-order valence-corrected chi connectivity index (χ0v) is 15.3. The molecule has 3 heterocycles. The molecule has 1 N–H and O–H groups in total. The maximum atomic E-state index is 12.5. The van der Waals surface area contributed by atoms with Crippen LogP contribution in [0.4, 0.5) is 0 Å². The maximum absolute atomic E-state index is 12.5. The number of carbonyl (C=O) groups is 3. The number of amides is 2. The summed E-state index contributed by atoms with van der Waals surface area (Å²) < 4.78 is 0. The SMILES string of the molecule is CC1CCC(C(=O)O)CN1C(=O)CCC(=O)N1CCc2sccc2C1. The maximum Gasteiger partial charge on any atom is 0.308 e. The summed E-state index contributed by atoms with van der Waals surface area (Å²) in [4.78, 5) is 40.9. The molecule has 1 aromatic rings. The molecule has 1 fully saturated rings. The summed E-state index contributed by atoms with van der Waals surface area (Å²) in [6.45, 7) is 3.54. The van der Waals surface area contributed by atoms with E-state index in [1.165, 1.54) is 10.4 Å². The molecule has 0 saturated carbocycles. The number of carbonyl (C=O) groups excluding carboxylic acids is 2. The lowest BCUT2D eigenvalue weighted by atomic mass is 9.93. The molecule has 136 valence electrons. The first-order valence-electron chi connectivity index (χ1n) is 8.81. The van der Waals surface area contributed by atoms with Gasteiger partial charge in [-0.25, -0.2) is 0 Å². The average molecular weight is 364 g/mol. The van der Waals surface area contributed by atoms with Crippen molar-refractivity contribution in [2.45, 2.75) is 51.6 Å². The van der Waals surface area contributed by atoms with Crippen molar-refractivity contribution in [2.24, 2.45) is 5.92 Å². The molecule has 0 radical (unpaired) electrons. The topological polar surface area (TPSA) is 77.9 Å². The number of nitrogens with zero attached hydrogens (tertiary/aromatic N) is 2. The van der Waals surface area contributed by atoms with Crippen molar-refractivity contribution in [1.29, 1.82) is 0 Å². The molecule has 0 aromatic carbocycles. The van der Waals surface area contributed by atoms with E-state index >= 15 is 0 Å². The van der Waals surface area contributed by atoms with Gasteiger partial charge in [0, 0.05) is 43.4 Å². The standard InChI is InChI=1S/C18H24N2O4S/c1-12-2-3-14(18(23)24)11-20(12)17(22)5-4-16(21)19-8-6-15-13(10-19)7-9-25-15/h7,9,12,14H,2-6,8,10-11H2,1H3,(H,23,24). The van der Waals surface area contributed by atoms with Crippen LogP contribution in [0.15, 0.2) is 11.4 Å². The van der Waals surface area contributed by atoms with Gasteiger partial charge in [0.15, 0.2) is 0 Å². The van der Waals surface area contributed by atoms with Crippen LogP contribution < -0.4 is 0 Å². The summed E-state index contributed by atoms with van der Waals surface area (Å²) >= 11 is 1.73. The highest BCUT2D eigenvalue weighted by molar-refractivity contribution is 7.10. The largest absolute Gasteiger partial charge is 0.481 e. The number of rotatable bonds is 4. The molecule has 25 heavy (non-hydrogen) atoms. The first-order valence-corrected chi connectivity index (χ1v) is 9.69. The molecule has 2 unspecified atom stereocenters. The minimum absolute atomic E-state index is 0.00430. The van der Waals surface area contributed by atoms with Crippen LogP contribution in [0.1, 0.15) is 43.0 Å². The summed E-state index contributed by atoms with van der Waals surface area (Å²) in [5.74, 6) is -1.44. The van der Waals surface area contributed by atoms with Crippen molar-refractivity contribution in [3.8, 4) is 0 Å². The van der Waals surface area contributed by atoms with E-state index in [-0.39, 0.29) is 37.2 Å². The third kappa shape index (κ3) is 4.03. The van der Waals surface area contributed by atoms with E-state index in [0.717, 1.165) is 6.42 Å². The van der Waals surface area contributed by atoms with Crippen LogP contribution in [0.25, 0.3) is 0 Å². The molecule has 2 atom stereocenters. The van der Waals surface area contributed by atoms with E-state index in [9.17, 15) is 19.5 Å². The van der Waals surface area contributed by atoms with E-state index < -0.39 is 11.9 Å². The molecule has 0 aliphatic carbocycles. The van der Waals surface area contributed by atoms with Crippen molar-refractivity contribution in [3.63, 3.8) is 0 Å². The predicted molar refractivity (Wildman–Crippen MR) is 94.2 cm³/mol. The number of fused-ring (bicyclic) bond motifs is 1. The lowest BCUT2D eigenvalue weighted by Gasteiger charge is -2.36. The first-order chi connectivity index (χ1) is 12.0. The van der Waals surface area contributed by atoms with Crippen LogP contribution in [-0.4, -0.2) is 51.8 Å². The van der Waals surface area contributed by atoms with E-state index in [0.29, 0.717) is 25.9 Å². The highest BCUT2D eigenvalue weighted by Crippen LogP contribution is 2.25. The van der Waals surface area contributed by atoms with Gasteiger partial charge in [-0.2, -0.15) is 0 Å². The molecule has 2 aliphatic rings. The van der Waals surface area contributed by atoms with Gasteiger partial charge in [0.25, 0.3) is 0 Å². The molecule has 3 rings (SSSR count). The number of piperidine rings is 1. The minimum Gasteiger partial charge on any atom is -0.481 e. The third-order valence-electron chi connectivity index (χ3n) is 5.26. The second kappa shape index (κ2) is 7.56. The third-order valence-corrected chi connectivity index (χ3v) is 6.29. The highest BCUT2D eigenvalue weighted by Gasteiger charge is 2.32. The Hall–Kier alpha value is -1.89. The van der Waals surface area contributed by atoms with Crippen molar-refractivity contribution in [3.05, 3.63) is 21.9 Å². The molecular formula is C18H24N2O4S. The van der Waals surface area contributed by atoms with Crippen LogP contribution in [0, 0.1) is 5.92 Å². The van der Waals surface area contributed by atoms with Gasteiger partial charge in [0.05, 0.1) is 5.92 Å². The highest BCUT2D eigenvalue weighted by atomic mass is 32.1. The summed E-state index contributed by atoms with van der Waals surface area (Å²) in [7, 11) is 0. The average Bonchev–Trinajstić information content (AvgIpc) is 3.07. The quantitative estimate of drug-likeness (QED) is 0.888. The molecule has 6 nitrogen and oxygen atoms in total. The molecular weight excluding hydrogens is 340 g/mol. The summed E-state index contributed by atoms with van der Waals surface area (Å²) in [6.07, 6.45) is 2.54. The van der Waals surface area contributed by atoms with Gasteiger partial charge < -0.3 is 14.9 Å². The van der Waals surface area contributed by atoms with Crippen LogP contribution in [0.3, 0.4) is 0 Å². The van der Waals surface area contributed by atoms with Gasteiger partial charge in [-0.05, 0) is 43.2 Å². The summed E-state index contributed by atoms with van der Waals surface area (Å²) in [6, 6.07) is 2.10. The molecule has 1 aromatic heterocycles. The fourth-order valence-electron chi connectivity index (χ4n) is 3.63. The Bertz CT molecular complexity index is 672. The second-order valence-corrected chi connectivity index (χ2v) is 7.94. The molecule has 2 amide bonds. The lowest BCUT2D eigenvalue weighted by molar-refractivity contribution is -0.148. The Kier molecular flexibility index (Phi) is 5.42. The Morgan fingerprint density at radius 2 is 2.00 bits per heavy atom. The monoisotopic (exact) mass is 364 g/mol. The Labute approximate surface area is 151 Å². The fraction of sp³-hybridized carbons (Fsp3) is 0.611. The van der Waals surface area contributed by atoms with Crippen molar-refractivity contribution >= 4 is 29.1 Å². The summed E-state index contributed by atoms with van der Waals surface area (Å²) in [5, 5.41) is 11.2. The molecule has 0 spiro atoms. The van der Waals surface area contributed by atoms with Gasteiger partial charge >= 0.3 is 5.97 Å². The van der Waals surface area contributed by atoms with Crippen LogP contribution in [0.5, 0.6) is 0 Å². The van der Waals surface area contributed by atoms with E-state index in [1.54, 1.807) is 16.2 Å².